The van der Waals surface area contributed by atoms with Crippen LogP contribution in [0.15, 0.2) is 63.9 Å². The summed E-state index contributed by atoms with van der Waals surface area (Å²) in [5.74, 6) is 0.223. The first-order valence-corrected chi connectivity index (χ1v) is 10.5. The van der Waals surface area contributed by atoms with E-state index in [1.807, 2.05) is 25.1 Å². The van der Waals surface area contributed by atoms with E-state index in [-0.39, 0.29) is 17.0 Å². The number of pyridine rings is 1. The lowest BCUT2D eigenvalue weighted by Gasteiger charge is -2.19. The second-order valence-electron chi connectivity index (χ2n) is 7.10. The summed E-state index contributed by atoms with van der Waals surface area (Å²) in [6.45, 7) is 1.98. The Hall–Kier alpha value is -2.31. The lowest BCUT2D eigenvalue weighted by molar-refractivity contribution is 0.0827. The number of nitrogens with zero attached hydrogens (tertiary/aromatic N) is 2. The quantitative estimate of drug-likeness (QED) is 0.621. The third kappa shape index (κ3) is 5.00. The Balaban J connectivity index is 1.84. The van der Waals surface area contributed by atoms with E-state index in [9.17, 15) is 9.18 Å². The summed E-state index contributed by atoms with van der Waals surface area (Å²) < 4.78 is 13.7. The first kappa shape index (κ1) is 21.4. The Morgan fingerprint density at radius 3 is 2.59 bits per heavy atom. The molecule has 0 radical (unpaired) electrons. The fourth-order valence-corrected chi connectivity index (χ4v) is 4.52. The number of allylic oxidation sites excluding steroid dienone is 3. The molecular formula is C22H23ClFN3OS. The van der Waals surface area contributed by atoms with E-state index < -0.39 is 0 Å². The topological polar surface area (TPSA) is 59.2 Å². The van der Waals surface area contributed by atoms with Crippen LogP contribution in [0.3, 0.4) is 0 Å². The van der Waals surface area contributed by atoms with E-state index in [2.05, 4.69) is 4.98 Å². The Morgan fingerprint density at radius 2 is 1.93 bits per heavy atom. The molecule has 1 aromatic carbocycles. The molecule has 0 aliphatic heterocycles. The third-order valence-electron chi connectivity index (χ3n) is 4.70. The minimum atomic E-state index is -0.149. The molecule has 7 heteroatoms. The highest BCUT2D eigenvalue weighted by Gasteiger charge is 2.19. The molecule has 1 atom stereocenters. The molecule has 1 heterocycles. The first-order chi connectivity index (χ1) is 13.8. The maximum Gasteiger partial charge on any atom is 0.253 e. The highest BCUT2D eigenvalue weighted by atomic mass is 35.5. The third-order valence-corrected chi connectivity index (χ3v) is 6.30. The van der Waals surface area contributed by atoms with Crippen molar-refractivity contribution in [3.63, 3.8) is 0 Å². The number of rotatable bonds is 5. The zero-order valence-corrected chi connectivity index (χ0v) is 18.1. The number of aromatic nitrogens is 1. The molecule has 0 fully saturated rings. The minimum absolute atomic E-state index is 0.0463. The summed E-state index contributed by atoms with van der Waals surface area (Å²) in [4.78, 5) is 18.7. The second-order valence-corrected chi connectivity index (χ2v) is 8.93. The summed E-state index contributed by atoms with van der Waals surface area (Å²) in [5, 5.41) is 0.628. The Kier molecular flexibility index (Phi) is 6.65. The molecule has 0 bridgehead atoms. The van der Waals surface area contributed by atoms with E-state index in [1.54, 1.807) is 32.4 Å². The number of carbonyl (C=O) groups is 1. The van der Waals surface area contributed by atoms with E-state index >= 15 is 0 Å². The maximum atomic E-state index is 13.7. The highest BCUT2D eigenvalue weighted by Crippen LogP contribution is 2.38. The Bertz CT molecular complexity index is 986. The van der Waals surface area contributed by atoms with Crippen LogP contribution in [0.4, 0.5) is 10.2 Å². The lowest BCUT2D eigenvalue weighted by Crippen LogP contribution is -2.21. The number of nitrogen functional groups attached to an aromatic ring is 1. The maximum absolute atomic E-state index is 13.7. The molecule has 0 saturated heterocycles. The van der Waals surface area contributed by atoms with Gasteiger partial charge in [-0.05, 0) is 48.8 Å². The van der Waals surface area contributed by atoms with Gasteiger partial charge in [0.1, 0.15) is 11.6 Å². The summed E-state index contributed by atoms with van der Waals surface area (Å²) in [6.07, 6.45) is 4.11. The standard InChI is InChI=1S/C22H23ClFN3OS/c1-13(18-11-17(24)8-9-19(18)23)29-20-10-16(12-26-21(20)25)14-4-6-15(7-5-14)22(28)27(2)3/h4-7,10-13H,8-9H2,1-3H3,(H2,25,26). The Morgan fingerprint density at radius 1 is 1.24 bits per heavy atom. The van der Waals surface area contributed by atoms with Crippen LogP contribution in [0.1, 0.15) is 30.1 Å². The molecule has 2 N–H and O–H groups in total. The van der Waals surface area contributed by atoms with Crippen LogP contribution in [-0.2, 0) is 0 Å². The van der Waals surface area contributed by atoms with Gasteiger partial charge < -0.3 is 10.6 Å². The number of benzene rings is 1. The van der Waals surface area contributed by atoms with Gasteiger partial charge in [-0.15, -0.1) is 11.8 Å². The van der Waals surface area contributed by atoms with Crippen molar-refractivity contribution in [1.82, 2.24) is 9.88 Å². The van der Waals surface area contributed by atoms with Crippen LogP contribution >= 0.6 is 23.4 Å². The van der Waals surface area contributed by atoms with Crippen molar-refractivity contribution in [2.75, 3.05) is 19.8 Å². The summed E-state index contributed by atoms with van der Waals surface area (Å²) in [5.41, 5.74) is 9.32. The van der Waals surface area contributed by atoms with Gasteiger partial charge in [0, 0.05) is 48.1 Å². The fraction of sp³-hybridized carbons (Fsp3) is 0.273. The molecular weight excluding hydrogens is 409 g/mol. The van der Waals surface area contributed by atoms with Crippen molar-refractivity contribution < 1.29 is 9.18 Å². The fourth-order valence-electron chi connectivity index (χ4n) is 3.06. The van der Waals surface area contributed by atoms with Crippen molar-refractivity contribution in [2.45, 2.75) is 29.9 Å². The first-order valence-electron chi connectivity index (χ1n) is 9.25. The monoisotopic (exact) mass is 431 g/mol. The van der Waals surface area contributed by atoms with Crippen molar-refractivity contribution in [3.8, 4) is 11.1 Å². The van der Waals surface area contributed by atoms with Crippen LogP contribution in [0.2, 0.25) is 0 Å². The van der Waals surface area contributed by atoms with Crippen molar-refractivity contribution in [2.24, 2.45) is 0 Å². The number of nitrogens with two attached hydrogens (primary N) is 1. The van der Waals surface area contributed by atoms with Gasteiger partial charge in [0.05, 0.1) is 4.90 Å². The number of carbonyl (C=O) groups excluding carboxylic acids is 1. The largest absolute Gasteiger partial charge is 0.383 e. The molecule has 2 aromatic rings. The van der Waals surface area contributed by atoms with Crippen LogP contribution < -0.4 is 5.73 Å². The highest BCUT2D eigenvalue weighted by molar-refractivity contribution is 8.00. The molecule has 0 saturated carbocycles. The van der Waals surface area contributed by atoms with Crippen LogP contribution in [0, 0.1) is 0 Å². The molecule has 1 aliphatic rings. The zero-order chi connectivity index (χ0) is 21.1. The van der Waals surface area contributed by atoms with Crippen LogP contribution in [0.25, 0.3) is 11.1 Å². The normalized spacial score (nSPS) is 15.1. The van der Waals surface area contributed by atoms with Crippen molar-refractivity contribution in [1.29, 1.82) is 0 Å². The van der Waals surface area contributed by atoms with Gasteiger partial charge in [0.2, 0.25) is 0 Å². The Labute approximate surface area is 179 Å². The average molecular weight is 432 g/mol. The number of halogens is 2. The predicted molar refractivity (Wildman–Crippen MR) is 119 cm³/mol. The van der Waals surface area contributed by atoms with Crippen LogP contribution in [-0.4, -0.2) is 35.1 Å². The molecule has 29 heavy (non-hydrogen) atoms. The van der Waals surface area contributed by atoms with Crippen LogP contribution in [0.5, 0.6) is 0 Å². The van der Waals surface area contributed by atoms with E-state index in [4.69, 9.17) is 17.3 Å². The summed E-state index contributed by atoms with van der Waals surface area (Å²) in [6, 6.07) is 9.33. The van der Waals surface area contributed by atoms with E-state index in [0.29, 0.717) is 29.3 Å². The second kappa shape index (κ2) is 9.01. The van der Waals surface area contributed by atoms with Crippen molar-refractivity contribution >= 4 is 35.1 Å². The summed E-state index contributed by atoms with van der Waals surface area (Å²) >= 11 is 7.82. The number of amides is 1. The van der Waals surface area contributed by atoms with Gasteiger partial charge in [-0.25, -0.2) is 9.37 Å². The number of hydrogen-bond donors (Lipinski definition) is 1. The lowest BCUT2D eigenvalue weighted by atomic mass is 10.0. The zero-order valence-electron chi connectivity index (χ0n) is 16.6. The van der Waals surface area contributed by atoms with Gasteiger partial charge in [-0.1, -0.05) is 23.7 Å². The van der Waals surface area contributed by atoms with Gasteiger partial charge in [0.25, 0.3) is 5.91 Å². The van der Waals surface area contributed by atoms with E-state index in [0.717, 1.165) is 21.6 Å². The van der Waals surface area contributed by atoms with Gasteiger partial charge in [-0.2, -0.15) is 0 Å². The molecule has 1 amide bonds. The minimum Gasteiger partial charge on any atom is -0.383 e. The molecule has 3 rings (SSSR count). The molecule has 1 aromatic heterocycles. The molecule has 1 aliphatic carbocycles. The number of thioether (sulfide) groups is 1. The molecule has 1 unspecified atom stereocenters. The smallest absolute Gasteiger partial charge is 0.253 e. The number of anilines is 1. The van der Waals surface area contributed by atoms with Gasteiger partial charge >= 0.3 is 0 Å². The molecule has 4 nitrogen and oxygen atoms in total. The van der Waals surface area contributed by atoms with Crippen molar-refractivity contribution in [3.05, 3.63) is 64.6 Å². The molecule has 0 spiro atoms. The molecule has 152 valence electrons. The summed E-state index contributed by atoms with van der Waals surface area (Å²) in [7, 11) is 3.44. The van der Waals surface area contributed by atoms with Gasteiger partial charge in [0.15, 0.2) is 0 Å². The number of hydrogen-bond acceptors (Lipinski definition) is 4. The van der Waals surface area contributed by atoms with E-state index in [1.165, 1.54) is 22.7 Å². The van der Waals surface area contributed by atoms with Gasteiger partial charge in [-0.3, -0.25) is 4.79 Å². The average Bonchev–Trinajstić information content (AvgIpc) is 2.70. The SMILES string of the molecule is CC(Sc1cc(-c2ccc(C(=O)N(C)C)cc2)cnc1N)C1=C(Cl)CCC(F)=C1. The predicted octanol–water partition coefficient (Wildman–Crippen LogP) is 5.65.